The molecule has 0 saturated carbocycles. The molecule has 3 N–H and O–H groups in total. The van der Waals surface area contributed by atoms with Crippen molar-refractivity contribution in [3.63, 3.8) is 0 Å². The molecular formula is C20H20F5N3O. The quantitative estimate of drug-likeness (QED) is 0.503. The minimum absolute atomic E-state index is 0.239. The second-order valence-electron chi connectivity index (χ2n) is 7.70. The number of halogens is 5. The van der Waals surface area contributed by atoms with Crippen molar-refractivity contribution < 1.29 is 27.1 Å². The summed E-state index contributed by atoms with van der Waals surface area (Å²) in [5, 5.41) is 20.3. The van der Waals surface area contributed by atoms with E-state index in [1.807, 2.05) is 0 Å². The number of nitrogens with zero attached hydrogens (tertiary/aromatic N) is 1. The van der Waals surface area contributed by atoms with Gasteiger partial charge in [0, 0.05) is 11.1 Å². The molecule has 0 aliphatic rings. The van der Waals surface area contributed by atoms with Gasteiger partial charge in [-0.15, -0.1) is 0 Å². The summed E-state index contributed by atoms with van der Waals surface area (Å²) in [6, 6.07) is 7.49. The number of rotatable bonds is 6. The second kappa shape index (κ2) is 7.29. The lowest BCUT2D eigenvalue weighted by Crippen LogP contribution is -2.53. The largest absolute Gasteiger partial charge is 0.418 e. The number of anilines is 1. The third-order valence-electron chi connectivity index (χ3n) is 4.98. The van der Waals surface area contributed by atoms with Crippen LogP contribution >= 0.6 is 0 Å². The summed E-state index contributed by atoms with van der Waals surface area (Å²) in [5.41, 5.74) is -3.96. The Morgan fingerprint density at radius 1 is 1.10 bits per heavy atom. The van der Waals surface area contributed by atoms with Crippen LogP contribution in [-0.2, 0) is 5.41 Å². The smallest absolute Gasteiger partial charge is 0.381 e. The number of hydrogen-bond acceptors (Lipinski definition) is 3. The van der Waals surface area contributed by atoms with Crippen LogP contribution in [-0.4, -0.2) is 33.6 Å². The van der Waals surface area contributed by atoms with Gasteiger partial charge in [0.15, 0.2) is 5.60 Å². The lowest BCUT2D eigenvalue weighted by molar-refractivity contribution is -0.260. The lowest BCUT2D eigenvalue weighted by Gasteiger charge is -2.38. The highest BCUT2D eigenvalue weighted by molar-refractivity contribution is 5.90. The van der Waals surface area contributed by atoms with Gasteiger partial charge in [0.05, 0.1) is 18.3 Å². The molecule has 1 unspecified atom stereocenters. The maximum atomic E-state index is 14.2. The molecule has 1 atom stereocenters. The minimum Gasteiger partial charge on any atom is -0.381 e. The van der Waals surface area contributed by atoms with Crippen molar-refractivity contribution in [2.75, 3.05) is 11.9 Å². The van der Waals surface area contributed by atoms with Crippen LogP contribution in [0, 0.1) is 11.6 Å². The molecule has 9 heteroatoms. The van der Waals surface area contributed by atoms with Crippen LogP contribution in [0.1, 0.15) is 25.8 Å². The van der Waals surface area contributed by atoms with Crippen LogP contribution in [0.5, 0.6) is 0 Å². The van der Waals surface area contributed by atoms with Crippen LogP contribution in [0.2, 0.25) is 0 Å². The van der Waals surface area contributed by atoms with Gasteiger partial charge in [-0.2, -0.15) is 18.3 Å². The fourth-order valence-corrected chi connectivity index (χ4v) is 3.47. The number of benzene rings is 2. The molecule has 156 valence electrons. The summed E-state index contributed by atoms with van der Waals surface area (Å²) in [4.78, 5) is 0. The molecule has 0 saturated heterocycles. The molecular weight excluding hydrogens is 393 g/mol. The van der Waals surface area contributed by atoms with E-state index in [4.69, 9.17) is 0 Å². The second-order valence-corrected chi connectivity index (χ2v) is 7.70. The number of alkyl halides is 3. The van der Waals surface area contributed by atoms with E-state index in [0.29, 0.717) is 16.6 Å². The number of nitrogens with one attached hydrogen (secondary N) is 2. The Hall–Kier alpha value is -2.68. The van der Waals surface area contributed by atoms with Gasteiger partial charge in [-0.05, 0) is 47.7 Å². The Bertz CT molecular complexity index is 1010. The van der Waals surface area contributed by atoms with E-state index in [9.17, 15) is 27.1 Å². The van der Waals surface area contributed by atoms with Crippen molar-refractivity contribution in [1.82, 2.24) is 10.2 Å². The highest BCUT2D eigenvalue weighted by Gasteiger charge is 2.56. The number of hydrogen-bond donors (Lipinski definition) is 3. The molecule has 0 aliphatic carbocycles. The maximum Gasteiger partial charge on any atom is 0.418 e. The molecule has 0 aliphatic heterocycles. The summed E-state index contributed by atoms with van der Waals surface area (Å²) < 4.78 is 69.2. The summed E-state index contributed by atoms with van der Waals surface area (Å²) in [7, 11) is 0. The number of H-pyrrole nitrogens is 1. The molecule has 3 rings (SSSR count). The Morgan fingerprint density at radius 2 is 1.83 bits per heavy atom. The average Bonchev–Trinajstić information content (AvgIpc) is 3.10. The first kappa shape index (κ1) is 21.0. The minimum atomic E-state index is -5.01. The molecule has 1 heterocycles. The van der Waals surface area contributed by atoms with Gasteiger partial charge < -0.3 is 10.4 Å². The molecule has 0 bridgehead atoms. The van der Waals surface area contributed by atoms with Gasteiger partial charge in [0.25, 0.3) is 0 Å². The van der Waals surface area contributed by atoms with Gasteiger partial charge in [0.2, 0.25) is 0 Å². The van der Waals surface area contributed by atoms with E-state index in [0.717, 1.165) is 18.2 Å². The zero-order valence-corrected chi connectivity index (χ0v) is 15.7. The van der Waals surface area contributed by atoms with Gasteiger partial charge in [-0.3, -0.25) is 5.10 Å². The topological polar surface area (TPSA) is 60.9 Å². The fourth-order valence-electron chi connectivity index (χ4n) is 3.47. The summed E-state index contributed by atoms with van der Waals surface area (Å²) >= 11 is 0. The SMILES string of the molecule is CC(C)(CC(O)(CNc1cccc2[nH]ncc12)C(F)(F)F)c1cc(F)ccc1F. The average molecular weight is 413 g/mol. The maximum absolute atomic E-state index is 14.2. The third kappa shape index (κ3) is 4.19. The van der Waals surface area contributed by atoms with Crippen molar-refractivity contribution >= 4 is 16.6 Å². The Morgan fingerprint density at radius 3 is 2.52 bits per heavy atom. The van der Waals surface area contributed by atoms with Crippen molar-refractivity contribution in [3.8, 4) is 0 Å². The zero-order chi connectivity index (χ0) is 21.4. The van der Waals surface area contributed by atoms with Gasteiger partial charge in [-0.1, -0.05) is 19.9 Å². The Kier molecular flexibility index (Phi) is 5.29. The summed E-state index contributed by atoms with van der Waals surface area (Å²) in [5.74, 6) is -1.60. The molecule has 0 radical (unpaired) electrons. The fraction of sp³-hybridized carbons (Fsp3) is 0.350. The standard InChI is InChI=1S/C20H20F5N3O/c1-18(2,14-8-12(21)6-7-15(14)22)10-19(29,20(23,24)25)11-26-16-4-3-5-17-13(16)9-27-28-17/h3-9,26,29H,10-11H2,1-2H3,(H,27,28). The first-order valence-electron chi connectivity index (χ1n) is 8.84. The molecule has 0 fully saturated rings. The van der Waals surface area contributed by atoms with E-state index in [1.165, 1.54) is 20.0 Å². The molecule has 3 aromatic rings. The molecule has 2 aromatic carbocycles. The van der Waals surface area contributed by atoms with E-state index in [-0.39, 0.29) is 5.56 Å². The normalized spacial score (nSPS) is 14.8. The number of fused-ring (bicyclic) bond motifs is 1. The van der Waals surface area contributed by atoms with Crippen LogP contribution in [0.25, 0.3) is 10.9 Å². The van der Waals surface area contributed by atoms with E-state index < -0.39 is 41.8 Å². The predicted octanol–water partition coefficient (Wildman–Crippen LogP) is 4.91. The first-order chi connectivity index (χ1) is 13.4. The van der Waals surface area contributed by atoms with Crippen molar-refractivity contribution in [3.05, 3.63) is 59.8 Å². The highest BCUT2D eigenvalue weighted by atomic mass is 19.4. The van der Waals surface area contributed by atoms with Crippen LogP contribution in [0.15, 0.2) is 42.6 Å². The Balaban J connectivity index is 1.90. The molecule has 0 spiro atoms. The van der Waals surface area contributed by atoms with Crippen LogP contribution in [0.4, 0.5) is 27.6 Å². The number of aromatic nitrogens is 2. The van der Waals surface area contributed by atoms with E-state index >= 15 is 0 Å². The molecule has 0 amide bonds. The van der Waals surface area contributed by atoms with Crippen molar-refractivity contribution in [2.45, 2.75) is 37.5 Å². The third-order valence-corrected chi connectivity index (χ3v) is 4.98. The monoisotopic (exact) mass is 413 g/mol. The van der Waals surface area contributed by atoms with Crippen molar-refractivity contribution in [1.29, 1.82) is 0 Å². The Labute approximate surface area is 163 Å². The predicted molar refractivity (Wildman–Crippen MR) is 99.6 cm³/mol. The molecule has 1 aromatic heterocycles. The number of aliphatic hydroxyl groups is 1. The zero-order valence-electron chi connectivity index (χ0n) is 15.7. The summed E-state index contributed by atoms with van der Waals surface area (Å²) in [6.45, 7) is 1.79. The molecule has 29 heavy (non-hydrogen) atoms. The van der Waals surface area contributed by atoms with Gasteiger partial charge in [-0.25, -0.2) is 8.78 Å². The number of aromatic amines is 1. The van der Waals surface area contributed by atoms with E-state index in [1.54, 1.807) is 18.2 Å². The van der Waals surface area contributed by atoms with Crippen LogP contribution < -0.4 is 5.32 Å². The highest BCUT2D eigenvalue weighted by Crippen LogP contribution is 2.42. The molecule has 4 nitrogen and oxygen atoms in total. The van der Waals surface area contributed by atoms with Gasteiger partial charge in [0.1, 0.15) is 11.6 Å². The van der Waals surface area contributed by atoms with Crippen molar-refractivity contribution in [2.24, 2.45) is 0 Å². The summed E-state index contributed by atoms with van der Waals surface area (Å²) in [6.07, 6.45) is -4.43. The first-order valence-corrected chi connectivity index (χ1v) is 8.84. The lowest BCUT2D eigenvalue weighted by atomic mass is 9.74. The van der Waals surface area contributed by atoms with E-state index in [2.05, 4.69) is 15.5 Å². The van der Waals surface area contributed by atoms with Gasteiger partial charge >= 0.3 is 6.18 Å². The van der Waals surface area contributed by atoms with Crippen LogP contribution in [0.3, 0.4) is 0 Å².